The molecule has 1 amide bonds. The van der Waals surface area contributed by atoms with Gasteiger partial charge < -0.3 is 15.2 Å². The van der Waals surface area contributed by atoms with Crippen molar-refractivity contribution in [1.82, 2.24) is 5.32 Å². The summed E-state index contributed by atoms with van der Waals surface area (Å²) < 4.78 is 6.01. The molecule has 0 saturated heterocycles. The third kappa shape index (κ3) is 6.73. The van der Waals surface area contributed by atoms with E-state index in [9.17, 15) is 9.59 Å². The molecule has 2 N–H and O–H groups in total. The minimum Gasteiger partial charge on any atom is -0.481 e. The summed E-state index contributed by atoms with van der Waals surface area (Å²) in [5.41, 5.74) is 1.09. The van der Waals surface area contributed by atoms with Crippen molar-refractivity contribution >= 4 is 27.8 Å². The molecule has 0 aliphatic heterocycles. The number of amides is 1. The quantitative estimate of drug-likeness (QED) is 0.749. The molecule has 21 heavy (non-hydrogen) atoms. The first kappa shape index (κ1) is 17.7. The van der Waals surface area contributed by atoms with Gasteiger partial charge in [0, 0.05) is 24.5 Å². The molecule has 1 aromatic carbocycles. The van der Waals surface area contributed by atoms with Crippen LogP contribution in [0.15, 0.2) is 28.7 Å². The van der Waals surface area contributed by atoms with Gasteiger partial charge in [-0.15, -0.1) is 0 Å². The number of carboxylic acids is 1. The van der Waals surface area contributed by atoms with Crippen molar-refractivity contribution in [2.45, 2.75) is 31.8 Å². The van der Waals surface area contributed by atoms with Crippen molar-refractivity contribution in [2.75, 3.05) is 13.7 Å². The molecule has 1 rings (SSSR count). The Morgan fingerprint density at radius 3 is 2.43 bits per heavy atom. The first-order valence-electron chi connectivity index (χ1n) is 6.69. The van der Waals surface area contributed by atoms with Crippen LogP contribution >= 0.6 is 15.9 Å². The molecule has 0 radical (unpaired) electrons. The van der Waals surface area contributed by atoms with Gasteiger partial charge in [-0.05, 0) is 23.6 Å². The standard InChI is InChI=1S/C15H20BrNO4/c1-10(11-3-5-12(16)6-4-11)7-14(18)17-9-13(21-2)8-15(19)20/h3-6,10,13H,7-9H2,1-2H3,(H,17,18)(H,19,20). The minimum atomic E-state index is -0.945. The Kier molecular flexibility index (Phi) is 7.39. The van der Waals surface area contributed by atoms with Gasteiger partial charge in [0.25, 0.3) is 0 Å². The fourth-order valence-corrected chi connectivity index (χ4v) is 2.19. The van der Waals surface area contributed by atoms with Crippen molar-refractivity contribution in [1.29, 1.82) is 0 Å². The Labute approximate surface area is 132 Å². The number of ether oxygens (including phenoxy) is 1. The first-order chi connectivity index (χ1) is 9.92. The van der Waals surface area contributed by atoms with E-state index in [-0.39, 0.29) is 24.8 Å². The summed E-state index contributed by atoms with van der Waals surface area (Å²) in [4.78, 5) is 22.5. The number of benzene rings is 1. The Morgan fingerprint density at radius 2 is 1.90 bits per heavy atom. The summed E-state index contributed by atoms with van der Waals surface area (Å²) in [5.74, 6) is -0.962. The number of carboxylic acid groups (broad SMARTS) is 1. The smallest absolute Gasteiger partial charge is 0.306 e. The normalized spacial score (nSPS) is 13.5. The minimum absolute atomic E-state index is 0.0959. The monoisotopic (exact) mass is 357 g/mol. The van der Waals surface area contributed by atoms with E-state index in [4.69, 9.17) is 9.84 Å². The van der Waals surface area contributed by atoms with Crippen molar-refractivity contribution in [3.63, 3.8) is 0 Å². The second kappa shape index (κ2) is 8.79. The zero-order valence-electron chi connectivity index (χ0n) is 12.1. The molecule has 0 aromatic heterocycles. The zero-order chi connectivity index (χ0) is 15.8. The van der Waals surface area contributed by atoms with Crippen LogP contribution in [-0.2, 0) is 14.3 Å². The maximum absolute atomic E-state index is 11.9. The topological polar surface area (TPSA) is 75.6 Å². The summed E-state index contributed by atoms with van der Waals surface area (Å²) in [6.45, 7) is 2.18. The Bertz CT molecular complexity index is 475. The lowest BCUT2D eigenvalue weighted by atomic mass is 9.97. The summed E-state index contributed by atoms with van der Waals surface area (Å²) >= 11 is 3.37. The van der Waals surface area contributed by atoms with Gasteiger partial charge in [0.15, 0.2) is 0 Å². The molecule has 0 saturated carbocycles. The van der Waals surface area contributed by atoms with Crippen LogP contribution in [0.25, 0.3) is 0 Å². The summed E-state index contributed by atoms with van der Waals surface area (Å²) in [6.07, 6.45) is -0.279. The van der Waals surface area contributed by atoms with Crippen LogP contribution < -0.4 is 5.32 Å². The number of hydrogen-bond acceptors (Lipinski definition) is 3. The number of aliphatic carboxylic acids is 1. The molecular weight excluding hydrogens is 338 g/mol. The lowest BCUT2D eigenvalue weighted by Crippen LogP contribution is -2.34. The van der Waals surface area contributed by atoms with Gasteiger partial charge >= 0.3 is 5.97 Å². The molecule has 0 heterocycles. The predicted molar refractivity (Wildman–Crippen MR) is 83.2 cm³/mol. The molecule has 0 bridgehead atoms. The summed E-state index contributed by atoms with van der Waals surface area (Å²) in [5, 5.41) is 11.4. The second-order valence-electron chi connectivity index (χ2n) is 4.92. The molecular formula is C15H20BrNO4. The van der Waals surface area contributed by atoms with Gasteiger partial charge in [-0.25, -0.2) is 0 Å². The third-order valence-corrected chi connectivity index (χ3v) is 3.72. The maximum Gasteiger partial charge on any atom is 0.306 e. The van der Waals surface area contributed by atoms with Gasteiger partial charge in [-0.1, -0.05) is 35.0 Å². The van der Waals surface area contributed by atoms with Crippen LogP contribution in [0, 0.1) is 0 Å². The molecule has 1 aromatic rings. The molecule has 0 spiro atoms. The van der Waals surface area contributed by atoms with Crippen LogP contribution in [0.1, 0.15) is 31.2 Å². The molecule has 6 heteroatoms. The SMILES string of the molecule is COC(CNC(=O)CC(C)c1ccc(Br)cc1)CC(=O)O. The average Bonchev–Trinajstić information content (AvgIpc) is 2.43. The lowest BCUT2D eigenvalue weighted by molar-refractivity contribution is -0.140. The van der Waals surface area contributed by atoms with Crippen molar-refractivity contribution in [3.05, 3.63) is 34.3 Å². The third-order valence-electron chi connectivity index (χ3n) is 3.19. The largest absolute Gasteiger partial charge is 0.481 e. The fourth-order valence-electron chi connectivity index (χ4n) is 1.92. The molecule has 2 unspecified atom stereocenters. The number of nitrogens with one attached hydrogen (secondary N) is 1. The molecule has 2 atom stereocenters. The van der Waals surface area contributed by atoms with E-state index in [0.29, 0.717) is 6.42 Å². The van der Waals surface area contributed by atoms with Gasteiger partial charge in [-0.3, -0.25) is 9.59 Å². The second-order valence-corrected chi connectivity index (χ2v) is 5.83. The van der Waals surface area contributed by atoms with Gasteiger partial charge in [0.1, 0.15) is 0 Å². The highest BCUT2D eigenvalue weighted by molar-refractivity contribution is 9.10. The van der Waals surface area contributed by atoms with Crippen LogP contribution in [0.3, 0.4) is 0 Å². The van der Waals surface area contributed by atoms with E-state index in [1.54, 1.807) is 0 Å². The molecule has 5 nitrogen and oxygen atoms in total. The summed E-state index contributed by atoms with van der Waals surface area (Å²) in [6, 6.07) is 7.84. The van der Waals surface area contributed by atoms with Crippen molar-refractivity contribution in [3.8, 4) is 0 Å². The van der Waals surface area contributed by atoms with Crippen LogP contribution in [-0.4, -0.2) is 36.7 Å². The highest BCUT2D eigenvalue weighted by Crippen LogP contribution is 2.21. The number of halogens is 1. The molecule has 116 valence electrons. The summed E-state index contributed by atoms with van der Waals surface area (Å²) in [7, 11) is 1.43. The Hall–Kier alpha value is -1.40. The van der Waals surface area contributed by atoms with E-state index in [1.807, 2.05) is 31.2 Å². The number of rotatable bonds is 8. The van der Waals surface area contributed by atoms with Gasteiger partial charge in [-0.2, -0.15) is 0 Å². The number of carbonyl (C=O) groups excluding carboxylic acids is 1. The first-order valence-corrected chi connectivity index (χ1v) is 7.48. The molecule has 0 fully saturated rings. The van der Waals surface area contributed by atoms with Crippen LogP contribution in [0.2, 0.25) is 0 Å². The molecule has 0 aliphatic carbocycles. The predicted octanol–water partition coefficient (Wildman–Crippen LogP) is 2.55. The van der Waals surface area contributed by atoms with E-state index in [2.05, 4.69) is 21.2 Å². The van der Waals surface area contributed by atoms with Crippen molar-refractivity contribution < 1.29 is 19.4 Å². The van der Waals surface area contributed by atoms with E-state index in [0.717, 1.165) is 10.0 Å². The molecule has 0 aliphatic rings. The van der Waals surface area contributed by atoms with Crippen LogP contribution in [0.5, 0.6) is 0 Å². The number of hydrogen-bond donors (Lipinski definition) is 2. The van der Waals surface area contributed by atoms with Crippen molar-refractivity contribution in [2.24, 2.45) is 0 Å². The van der Waals surface area contributed by atoms with Gasteiger partial charge in [0.05, 0.1) is 12.5 Å². The Morgan fingerprint density at radius 1 is 1.29 bits per heavy atom. The highest BCUT2D eigenvalue weighted by atomic mass is 79.9. The highest BCUT2D eigenvalue weighted by Gasteiger charge is 2.15. The maximum atomic E-state index is 11.9. The van der Waals surface area contributed by atoms with E-state index < -0.39 is 12.1 Å². The zero-order valence-corrected chi connectivity index (χ0v) is 13.7. The lowest BCUT2D eigenvalue weighted by Gasteiger charge is -2.16. The fraction of sp³-hybridized carbons (Fsp3) is 0.467. The van der Waals surface area contributed by atoms with E-state index in [1.165, 1.54) is 7.11 Å². The average molecular weight is 358 g/mol. The van der Waals surface area contributed by atoms with E-state index >= 15 is 0 Å². The Balaban J connectivity index is 2.42. The van der Waals surface area contributed by atoms with Crippen LogP contribution in [0.4, 0.5) is 0 Å². The number of methoxy groups -OCH3 is 1. The van der Waals surface area contributed by atoms with Gasteiger partial charge in [0.2, 0.25) is 5.91 Å². The number of carbonyl (C=O) groups is 2.